The number of aliphatic hydroxyl groups excluding tert-OH is 1. The van der Waals surface area contributed by atoms with Crippen LogP contribution in [0.4, 0.5) is 0 Å². The van der Waals surface area contributed by atoms with Crippen molar-refractivity contribution in [2.45, 2.75) is 56.6 Å². The number of hydrogen-bond acceptors (Lipinski definition) is 3. The minimum atomic E-state index is -0.299. The van der Waals surface area contributed by atoms with Crippen molar-refractivity contribution in [3.63, 3.8) is 0 Å². The fourth-order valence-corrected chi connectivity index (χ4v) is 3.54. The highest BCUT2D eigenvalue weighted by atomic mass is 32.2. The molecule has 122 valence electrons. The van der Waals surface area contributed by atoms with E-state index < -0.39 is 0 Å². The minimum absolute atomic E-state index is 0.000713. The summed E-state index contributed by atoms with van der Waals surface area (Å²) >= 11 is 1.73. The number of carbonyl (C=O) groups excluding carboxylic acids is 1. The number of amides is 1. The zero-order valence-electron chi connectivity index (χ0n) is 13.6. The van der Waals surface area contributed by atoms with E-state index in [-0.39, 0.29) is 17.9 Å². The summed E-state index contributed by atoms with van der Waals surface area (Å²) in [5, 5.41) is 9.81. The van der Waals surface area contributed by atoms with Gasteiger partial charge in [0.15, 0.2) is 0 Å². The van der Waals surface area contributed by atoms with Crippen molar-refractivity contribution in [2.24, 2.45) is 5.92 Å². The summed E-state index contributed by atoms with van der Waals surface area (Å²) in [6.07, 6.45) is 6.08. The second-order valence-corrected chi connectivity index (χ2v) is 7.00. The average molecular weight is 321 g/mol. The molecule has 1 aliphatic carbocycles. The van der Waals surface area contributed by atoms with E-state index in [1.54, 1.807) is 11.8 Å². The van der Waals surface area contributed by atoms with Crippen LogP contribution in [0.1, 0.15) is 44.6 Å². The fourth-order valence-electron chi connectivity index (χ4n) is 3.13. The van der Waals surface area contributed by atoms with Crippen LogP contribution in [0, 0.1) is 5.92 Å². The maximum atomic E-state index is 12.8. The van der Waals surface area contributed by atoms with Crippen LogP contribution in [0.3, 0.4) is 0 Å². The quantitative estimate of drug-likeness (QED) is 0.812. The van der Waals surface area contributed by atoms with Gasteiger partial charge in [-0.2, -0.15) is 0 Å². The molecule has 0 aliphatic heterocycles. The Morgan fingerprint density at radius 2 is 2.05 bits per heavy atom. The highest BCUT2D eigenvalue weighted by Gasteiger charge is 2.29. The summed E-state index contributed by atoms with van der Waals surface area (Å²) in [4.78, 5) is 16.0. The second-order valence-electron chi connectivity index (χ2n) is 6.13. The molecule has 1 aliphatic rings. The zero-order valence-corrected chi connectivity index (χ0v) is 14.4. The smallest absolute Gasteiger partial charge is 0.226 e. The summed E-state index contributed by atoms with van der Waals surface area (Å²) in [7, 11) is 0. The van der Waals surface area contributed by atoms with Gasteiger partial charge in [0.05, 0.1) is 6.10 Å². The van der Waals surface area contributed by atoms with Gasteiger partial charge in [-0.1, -0.05) is 25.5 Å². The van der Waals surface area contributed by atoms with E-state index in [0.29, 0.717) is 13.0 Å². The molecule has 1 aromatic carbocycles. The standard InChI is InChI=1S/C18H27NO2S/c1-3-11-19(13-14-7-9-17(22-2)10-8-14)18(21)15-5-4-6-16(20)12-15/h7-10,15-16,20H,3-6,11-13H2,1-2H3/t15-,16+/m1/s1. The van der Waals surface area contributed by atoms with Gasteiger partial charge in [0.1, 0.15) is 0 Å². The van der Waals surface area contributed by atoms with Gasteiger partial charge in [0.2, 0.25) is 5.91 Å². The maximum absolute atomic E-state index is 12.8. The number of carbonyl (C=O) groups is 1. The van der Waals surface area contributed by atoms with Crippen LogP contribution in [0.25, 0.3) is 0 Å². The van der Waals surface area contributed by atoms with E-state index in [9.17, 15) is 9.90 Å². The molecule has 1 aromatic rings. The van der Waals surface area contributed by atoms with Crippen molar-refractivity contribution in [3.8, 4) is 0 Å². The highest BCUT2D eigenvalue weighted by molar-refractivity contribution is 7.98. The van der Waals surface area contributed by atoms with Gasteiger partial charge < -0.3 is 10.0 Å². The Labute approximate surface area is 138 Å². The third-order valence-corrected chi connectivity index (χ3v) is 5.08. The monoisotopic (exact) mass is 321 g/mol. The SMILES string of the molecule is CCCN(Cc1ccc(SC)cc1)C(=O)[C@@H]1CCC[C@H](O)C1. The molecule has 0 heterocycles. The molecule has 0 aromatic heterocycles. The predicted octanol–water partition coefficient (Wildman–Crippen LogP) is 3.70. The number of thioether (sulfide) groups is 1. The molecule has 0 unspecified atom stereocenters. The Balaban J connectivity index is 2.02. The van der Waals surface area contributed by atoms with Crippen molar-refractivity contribution >= 4 is 17.7 Å². The summed E-state index contributed by atoms with van der Waals surface area (Å²) in [5.74, 6) is 0.218. The Morgan fingerprint density at radius 1 is 1.32 bits per heavy atom. The van der Waals surface area contributed by atoms with Gasteiger partial charge in [-0.05, 0) is 49.6 Å². The van der Waals surface area contributed by atoms with E-state index in [4.69, 9.17) is 0 Å². The molecule has 0 radical (unpaired) electrons. The molecule has 2 rings (SSSR count). The fraction of sp³-hybridized carbons (Fsp3) is 0.611. The number of nitrogens with zero attached hydrogens (tertiary/aromatic N) is 1. The number of aliphatic hydroxyl groups is 1. The molecule has 1 N–H and O–H groups in total. The van der Waals surface area contributed by atoms with Crippen molar-refractivity contribution in [2.75, 3.05) is 12.8 Å². The molecule has 3 nitrogen and oxygen atoms in total. The van der Waals surface area contributed by atoms with Crippen LogP contribution in [0.2, 0.25) is 0 Å². The Hall–Kier alpha value is -1.00. The first-order valence-corrected chi connectivity index (χ1v) is 9.46. The lowest BCUT2D eigenvalue weighted by Gasteiger charge is -2.31. The van der Waals surface area contributed by atoms with Gasteiger partial charge in [-0.25, -0.2) is 0 Å². The molecular weight excluding hydrogens is 294 g/mol. The molecule has 4 heteroatoms. The maximum Gasteiger partial charge on any atom is 0.226 e. The van der Waals surface area contributed by atoms with E-state index >= 15 is 0 Å². The van der Waals surface area contributed by atoms with E-state index in [0.717, 1.165) is 32.2 Å². The summed E-state index contributed by atoms with van der Waals surface area (Å²) < 4.78 is 0. The Bertz CT molecular complexity index is 474. The summed E-state index contributed by atoms with van der Waals surface area (Å²) in [6, 6.07) is 8.44. The van der Waals surface area contributed by atoms with E-state index in [1.165, 1.54) is 10.5 Å². The van der Waals surface area contributed by atoms with Crippen molar-refractivity contribution in [1.82, 2.24) is 4.90 Å². The highest BCUT2D eigenvalue weighted by Crippen LogP contribution is 2.27. The third-order valence-electron chi connectivity index (χ3n) is 4.33. The molecule has 2 atom stereocenters. The van der Waals surface area contributed by atoms with Gasteiger partial charge in [-0.3, -0.25) is 4.79 Å². The van der Waals surface area contributed by atoms with Crippen LogP contribution >= 0.6 is 11.8 Å². The zero-order chi connectivity index (χ0) is 15.9. The second kappa shape index (κ2) is 8.59. The molecule has 0 saturated heterocycles. The van der Waals surface area contributed by atoms with Gasteiger partial charge in [0.25, 0.3) is 0 Å². The van der Waals surface area contributed by atoms with Gasteiger partial charge in [0, 0.05) is 23.9 Å². The van der Waals surface area contributed by atoms with Crippen molar-refractivity contribution < 1.29 is 9.90 Å². The predicted molar refractivity (Wildman–Crippen MR) is 91.9 cm³/mol. The first-order chi connectivity index (χ1) is 10.6. The van der Waals surface area contributed by atoms with E-state index in [1.807, 2.05) is 4.90 Å². The minimum Gasteiger partial charge on any atom is -0.393 e. The third kappa shape index (κ3) is 4.75. The van der Waals surface area contributed by atoms with Crippen molar-refractivity contribution in [3.05, 3.63) is 29.8 Å². The van der Waals surface area contributed by atoms with E-state index in [2.05, 4.69) is 37.4 Å². The average Bonchev–Trinajstić information content (AvgIpc) is 2.54. The largest absolute Gasteiger partial charge is 0.393 e. The number of rotatable bonds is 6. The Morgan fingerprint density at radius 3 is 2.64 bits per heavy atom. The van der Waals surface area contributed by atoms with Crippen LogP contribution in [-0.4, -0.2) is 34.8 Å². The summed E-state index contributed by atoms with van der Waals surface area (Å²) in [5.41, 5.74) is 1.18. The molecule has 22 heavy (non-hydrogen) atoms. The van der Waals surface area contributed by atoms with Crippen LogP contribution < -0.4 is 0 Å². The first-order valence-electron chi connectivity index (χ1n) is 8.23. The van der Waals surface area contributed by atoms with Crippen LogP contribution in [0.15, 0.2) is 29.2 Å². The number of benzene rings is 1. The van der Waals surface area contributed by atoms with Crippen LogP contribution in [-0.2, 0) is 11.3 Å². The molecule has 1 amide bonds. The number of hydrogen-bond donors (Lipinski definition) is 1. The van der Waals surface area contributed by atoms with Gasteiger partial charge in [-0.15, -0.1) is 11.8 Å². The molecular formula is C18H27NO2S. The van der Waals surface area contributed by atoms with Gasteiger partial charge >= 0.3 is 0 Å². The Kier molecular flexibility index (Phi) is 6.77. The molecule has 1 saturated carbocycles. The molecule has 0 bridgehead atoms. The molecule has 0 spiro atoms. The molecule has 1 fully saturated rings. The lowest BCUT2D eigenvalue weighted by molar-refractivity contribution is -0.138. The lowest BCUT2D eigenvalue weighted by Crippen LogP contribution is -2.39. The normalized spacial score (nSPS) is 21.6. The van der Waals surface area contributed by atoms with Crippen LogP contribution in [0.5, 0.6) is 0 Å². The topological polar surface area (TPSA) is 40.5 Å². The lowest BCUT2D eigenvalue weighted by atomic mass is 9.86. The first kappa shape index (κ1) is 17.4. The summed E-state index contributed by atoms with van der Waals surface area (Å²) in [6.45, 7) is 3.57. The van der Waals surface area contributed by atoms with Crippen molar-refractivity contribution in [1.29, 1.82) is 0 Å².